The number of aromatic nitrogens is 2. The van der Waals surface area contributed by atoms with Crippen molar-refractivity contribution in [1.82, 2.24) is 9.97 Å². The fourth-order valence-electron chi connectivity index (χ4n) is 3.96. The molecule has 1 saturated heterocycles. The molecule has 1 aromatic carbocycles. The summed E-state index contributed by atoms with van der Waals surface area (Å²) >= 11 is 0.946. The molecule has 9 nitrogen and oxygen atoms in total. The molecule has 0 aliphatic carbocycles. The number of aliphatic hydroxyl groups is 1. The lowest BCUT2D eigenvalue weighted by molar-refractivity contribution is -0.132. The molecule has 0 bridgehead atoms. The SMILES string of the molecule is COC(=O)c1sc(N2C(=O)C(=O)C(=C(O)c3ccncc3)C2c2cccc(OCCC(C)C)c2)nc1C. The summed E-state index contributed by atoms with van der Waals surface area (Å²) in [6.07, 6.45) is 3.83. The van der Waals surface area contributed by atoms with E-state index in [1.165, 1.54) is 24.4 Å². The molecule has 192 valence electrons. The zero-order chi connectivity index (χ0) is 26.7. The summed E-state index contributed by atoms with van der Waals surface area (Å²) < 4.78 is 10.7. The van der Waals surface area contributed by atoms with Crippen molar-refractivity contribution in [2.75, 3.05) is 18.6 Å². The Bertz CT molecular complexity index is 1370. The number of hydrogen-bond donors (Lipinski definition) is 1. The molecule has 1 fully saturated rings. The number of anilines is 1. The molecule has 10 heteroatoms. The highest BCUT2D eigenvalue weighted by molar-refractivity contribution is 7.17. The molecule has 1 aliphatic rings. The van der Waals surface area contributed by atoms with Crippen molar-refractivity contribution >= 4 is 39.9 Å². The molecule has 1 aliphatic heterocycles. The van der Waals surface area contributed by atoms with Crippen LogP contribution < -0.4 is 9.64 Å². The van der Waals surface area contributed by atoms with Gasteiger partial charge < -0.3 is 14.6 Å². The van der Waals surface area contributed by atoms with Gasteiger partial charge in [-0.15, -0.1) is 0 Å². The lowest BCUT2D eigenvalue weighted by atomic mass is 9.95. The minimum atomic E-state index is -1.00. The third-order valence-electron chi connectivity index (χ3n) is 5.90. The highest BCUT2D eigenvalue weighted by atomic mass is 32.1. The number of carbonyl (C=O) groups is 3. The number of benzene rings is 1. The van der Waals surface area contributed by atoms with Gasteiger partial charge in [-0.2, -0.15) is 0 Å². The van der Waals surface area contributed by atoms with Crippen LogP contribution >= 0.6 is 11.3 Å². The highest BCUT2D eigenvalue weighted by Crippen LogP contribution is 2.44. The number of ether oxygens (including phenoxy) is 2. The van der Waals surface area contributed by atoms with Gasteiger partial charge in [-0.1, -0.05) is 37.3 Å². The fourth-order valence-corrected chi connectivity index (χ4v) is 4.98. The van der Waals surface area contributed by atoms with Crippen molar-refractivity contribution in [3.8, 4) is 5.75 Å². The van der Waals surface area contributed by atoms with Gasteiger partial charge >= 0.3 is 11.9 Å². The van der Waals surface area contributed by atoms with Crippen LogP contribution in [0.4, 0.5) is 5.13 Å². The average molecular weight is 522 g/mol. The fraction of sp³-hybridized carbons (Fsp3) is 0.296. The molecule has 4 rings (SSSR count). The number of pyridine rings is 1. The van der Waals surface area contributed by atoms with Gasteiger partial charge in [0, 0.05) is 18.0 Å². The number of amides is 1. The van der Waals surface area contributed by atoms with Crippen LogP contribution in [0.3, 0.4) is 0 Å². The lowest BCUT2D eigenvalue weighted by Gasteiger charge is -2.23. The minimum Gasteiger partial charge on any atom is -0.507 e. The number of aryl methyl sites for hydroxylation is 1. The number of thiazole rings is 1. The Hall–Kier alpha value is -4.05. The van der Waals surface area contributed by atoms with Gasteiger partial charge in [0.25, 0.3) is 5.78 Å². The summed E-state index contributed by atoms with van der Waals surface area (Å²) in [5.41, 5.74) is 1.16. The van der Waals surface area contributed by atoms with E-state index < -0.39 is 23.7 Å². The first-order valence-corrected chi connectivity index (χ1v) is 12.5. The molecule has 0 saturated carbocycles. The standard InChI is InChI=1S/C27H27N3O6S/c1-15(2)10-13-36-19-7-5-6-18(14-19)21-20(22(31)17-8-11-28-12-9-17)23(32)25(33)30(21)27-29-16(3)24(37-27)26(34)35-4/h5-9,11-12,14-15,21,31H,10,13H2,1-4H3. The second-order valence-corrected chi connectivity index (χ2v) is 9.89. The van der Waals surface area contributed by atoms with E-state index in [0.29, 0.717) is 35.1 Å². The molecule has 3 aromatic rings. The maximum Gasteiger partial charge on any atom is 0.350 e. The largest absolute Gasteiger partial charge is 0.507 e. The summed E-state index contributed by atoms with van der Waals surface area (Å²) in [4.78, 5) is 48.7. The summed E-state index contributed by atoms with van der Waals surface area (Å²) in [7, 11) is 1.26. The van der Waals surface area contributed by atoms with Crippen molar-refractivity contribution < 1.29 is 29.0 Å². The van der Waals surface area contributed by atoms with Crippen molar-refractivity contribution in [2.24, 2.45) is 5.92 Å². The summed E-state index contributed by atoms with van der Waals surface area (Å²) in [6, 6.07) is 9.15. The van der Waals surface area contributed by atoms with Crippen molar-refractivity contribution in [3.63, 3.8) is 0 Å². The molecule has 1 amide bonds. The highest BCUT2D eigenvalue weighted by Gasteiger charge is 2.48. The number of Topliss-reactive ketones (excluding diaryl/α,β-unsaturated/α-hetero) is 1. The molecule has 3 heterocycles. The van der Waals surface area contributed by atoms with E-state index >= 15 is 0 Å². The smallest absolute Gasteiger partial charge is 0.350 e. The van der Waals surface area contributed by atoms with E-state index in [1.54, 1.807) is 43.3 Å². The molecule has 0 radical (unpaired) electrons. The molecular formula is C27H27N3O6S. The Balaban J connectivity index is 1.86. The zero-order valence-corrected chi connectivity index (χ0v) is 21.7. The Kier molecular flexibility index (Phi) is 7.68. The normalized spacial score (nSPS) is 16.9. The predicted octanol–water partition coefficient (Wildman–Crippen LogP) is 4.68. The van der Waals surface area contributed by atoms with E-state index in [4.69, 9.17) is 9.47 Å². The van der Waals surface area contributed by atoms with E-state index in [2.05, 4.69) is 23.8 Å². The monoisotopic (exact) mass is 521 g/mol. The van der Waals surface area contributed by atoms with Crippen LogP contribution in [0.2, 0.25) is 0 Å². The lowest BCUT2D eigenvalue weighted by Crippen LogP contribution is -2.29. The first-order chi connectivity index (χ1) is 17.7. The summed E-state index contributed by atoms with van der Waals surface area (Å²) in [6.45, 7) is 6.33. The van der Waals surface area contributed by atoms with Crippen LogP contribution in [0.15, 0.2) is 54.4 Å². The van der Waals surface area contributed by atoms with Crippen LogP contribution in [0.1, 0.15) is 52.8 Å². The van der Waals surface area contributed by atoms with Crippen molar-refractivity contribution in [2.45, 2.75) is 33.2 Å². The van der Waals surface area contributed by atoms with E-state index in [0.717, 1.165) is 17.8 Å². The van der Waals surface area contributed by atoms with Crippen molar-refractivity contribution in [1.29, 1.82) is 0 Å². The molecular weight excluding hydrogens is 494 g/mol. The molecule has 2 aromatic heterocycles. The van der Waals surface area contributed by atoms with Gasteiger partial charge in [-0.3, -0.25) is 19.5 Å². The second kappa shape index (κ2) is 10.9. The number of methoxy groups -OCH3 is 1. The van der Waals surface area contributed by atoms with Crippen molar-refractivity contribution in [3.05, 3.63) is 76.1 Å². The number of esters is 1. The van der Waals surface area contributed by atoms with Crippen LogP contribution in [-0.2, 0) is 14.3 Å². The third-order valence-corrected chi connectivity index (χ3v) is 7.03. The number of ketones is 1. The second-order valence-electron chi connectivity index (χ2n) is 8.91. The zero-order valence-electron chi connectivity index (χ0n) is 20.9. The maximum atomic E-state index is 13.4. The van der Waals surface area contributed by atoms with Gasteiger partial charge in [0.2, 0.25) is 0 Å². The molecule has 1 atom stereocenters. The predicted molar refractivity (Wildman–Crippen MR) is 139 cm³/mol. The average Bonchev–Trinajstić information content (AvgIpc) is 3.40. The van der Waals surface area contributed by atoms with Crippen LogP contribution in [0.5, 0.6) is 5.75 Å². The number of hydrogen-bond acceptors (Lipinski definition) is 9. The molecule has 37 heavy (non-hydrogen) atoms. The first-order valence-electron chi connectivity index (χ1n) is 11.7. The van der Waals surface area contributed by atoms with Gasteiger partial charge in [0.15, 0.2) is 5.13 Å². The number of aliphatic hydroxyl groups excluding tert-OH is 1. The van der Waals surface area contributed by atoms with Crippen LogP contribution in [-0.4, -0.2) is 46.5 Å². The molecule has 1 unspecified atom stereocenters. The maximum absolute atomic E-state index is 13.4. The van der Waals surface area contributed by atoms with Crippen LogP contribution in [0, 0.1) is 12.8 Å². The Labute approximate surface area is 218 Å². The number of carbonyl (C=O) groups excluding carboxylic acids is 3. The van der Waals surface area contributed by atoms with Gasteiger partial charge in [-0.25, -0.2) is 9.78 Å². The van der Waals surface area contributed by atoms with E-state index in [1.807, 2.05) is 0 Å². The van der Waals surface area contributed by atoms with E-state index in [9.17, 15) is 19.5 Å². The number of nitrogens with zero attached hydrogens (tertiary/aromatic N) is 3. The quantitative estimate of drug-likeness (QED) is 0.196. The van der Waals surface area contributed by atoms with Gasteiger partial charge in [0.1, 0.15) is 16.4 Å². The summed E-state index contributed by atoms with van der Waals surface area (Å²) in [5, 5.41) is 11.3. The molecule has 1 N–H and O–H groups in total. The van der Waals surface area contributed by atoms with Gasteiger partial charge in [-0.05, 0) is 49.1 Å². The third kappa shape index (κ3) is 5.24. The van der Waals surface area contributed by atoms with E-state index in [-0.39, 0.29) is 21.3 Å². The minimum absolute atomic E-state index is 0.0944. The molecule has 0 spiro atoms. The van der Waals surface area contributed by atoms with Gasteiger partial charge in [0.05, 0.1) is 31.0 Å². The Morgan fingerprint density at radius 2 is 1.92 bits per heavy atom. The Morgan fingerprint density at radius 3 is 2.59 bits per heavy atom. The van der Waals surface area contributed by atoms with Crippen LogP contribution in [0.25, 0.3) is 5.76 Å². The summed E-state index contributed by atoms with van der Waals surface area (Å²) in [5.74, 6) is -1.62. The Morgan fingerprint density at radius 1 is 1.19 bits per heavy atom. The topological polar surface area (TPSA) is 119 Å². The number of rotatable bonds is 8. The first kappa shape index (κ1) is 26.0.